The Hall–Kier alpha value is -0.830. The molecule has 2 rings (SSSR count). The van der Waals surface area contributed by atoms with Crippen LogP contribution in [-0.2, 0) is 6.54 Å². The molecule has 1 atom stereocenters. The SMILES string of the molecule is CCn1nccc1[C@H]1CCCN1. The average Bonchev–Trinajstić information content (AvgIpc) is 2.74. The van der Waals surface area contributed by atoms with E-state index >= 15 is 0 Å². The maximum Gasteiger partial charge on any atom is 0.0553 e. The number of hydrogen-bond acceptors (Lipinski definition) is 2. The second-order valence-electron chi connectivity index (χ2n) is 3.22. The molecule has 1 saturated heterocycles. The van der Waals surface area contributed by atoms with E-state index < -0.39 is 0 Å². The van der Waals surface area contributed by atoms with Gasteiger partial charge in [0.05, 0.1) is 5.69 Å². The Morgan fingerprint density at radius 2 is 2.67 bits per heavy atom. The minimum absolute atomic E-state index is 0.549. The highest BCUT2D eigenvalue weighted by atomic mass is 15.3. The Bertz CT molecular complexity index is 248. The van der Waals surface area contributed by atoms with Crippen LogP contribution in [0.25, 0.3) is 0 Å². The van der Waals surface area contributed by atoms with Gasteiger partial charge in [0.15, 0.2) is 0 Å². The molecule has 66 valence electrons. The zero-order chi connectivity index (χ0) is 8.39. The summed E-state index contributed by atoms with van der Waals surface area (Å²) in [6.07, 6.45) is 4.43. The molecule has 2 heterocycles. The molecule has 1 aromatic rings. The molecule has 1 fully saturated rings. The zero-order valence-electron chi connectivity index (χ0n) is 7.45. The van der Waals surface area contributed by atoms with Gasteiger partial charge in [-0.15, -0.1) is 0 Å². The monoisotopic (exact) mass is 165 g/mol. The smallest absolute Gasteiger partial charge is 0.0553 e. The van der Waals surface area contributed by atoms with Crippen molar-refractivity contribution >= 4 is 0 Å². The molecule has 0 amide bonds. The van der Waals surface area contributed by atoms with Gasteiger partial charge in [0.1, 0.15) is 0 Å². The lowest BCUT2D eigenvalue weighted by Gasteiger charge is -2.11. The molecule has 1 N–H and O–H groups in total. The van der Waals surface area contributed by atoms with Crippen LogP contribution in [0, 0.1) is 0 Å². The third kappa shape index (κ3) is 1.25. The van der Waals surface area contributed by atoms with Crippen LogP contribution in [0.5, 0.6) is 0 Å². The predicted molar refractivity (Wildman–Crippen MR) is 47.9 cm³/mol. The summed E-state index contributed by atoms with van der Waals surface area (Å²) in [5.41, 5.74) is 1.34. The number of aromatic nitrogens is 2. The summed E-state index contributed by atoms with van der Waals surface area (Å²) >= 11 is 0. The Morgan fingerprint density at radius 3 is 3.33 bits per heavy atom. The fraction of sp³-hybridized carbons (Fsp3) is 0.667. The van der Waals surface area contributed by atoms with Crippen LogP contribution < -0.4 is 5.32 Å². The molecule has 0 radical (unpaired) electrons. The molecule has 1 aromatic heterocycles. The van der Waals surface area contributed by atoms with Crippen LogP contribution in [0.1, 0.15) is 31.5 Å². The van der Waals surface area contributed by atoms with Crippen LogP contribution in [0.4, 0.5) is 0 Å². The Labute approximate surface area is 72.8 Å². The first kappa shape index (κ1) is 7.80. The summed E-state index contributed by atoms with van der Waals surface area (Å²) in [7, 11) is 0. The van der Waals surface area contributed by atoms with Crippen molar-refractivity contribution < 1.29 is 0 Å². The summed E-state index contributed by atoms with van der Waals surface area (Å²) in [6.45, 7) is 4.26. The van der Waals surface area contributed by atoms with Gasteiger partial charge >= 0.3 is 0 Å². The van der Waals surface area contributed by atoms with Crippen LogP contribution >= 0.6 is 0 Å². The van der Waals surface area contributed by atoms with Gasteiger partial charge in [-0.3, -0.25) is 4.68 Å². The lowest BCUT2D eigenvalue weighted by Crippen LogP contribution is -2.17. The maximum atomic E-state index is 4.26. The summed E-state index contributed by atoms with van der Waals surface area (Å²) in [4.78, 5) is 0. The Kier molecular flexibility index (Phi) is 2.13. The maximum absolute atomic E-state index is 4.26. The van der Waals surface area contributed by atoms with Gasteiger partial charge < -0.3 is 5.32 Å². The third-order valence-corrected chi connectivity index (χ3v) is 2.47. The highest BCUT2D eigenvalue weighted by Gasteiger charge is 2.18. The van der Waals surface area contributed by atoms with Gasteiger partial charge in [0, 0.05) is 18.8 Å². The molecule has 3 heteroatoms. The van der Waals surface area contributed by atoms with Gasteiger partial charge in [-0.05, 0) is 32.4 Å². The van der Waals surface area contributed by atoms with Gasteiger partial charge in [-0.25, -0.2) is 0 Å². The Morgan fingerprint density at radius 1 is 1.75 bits per heavy atom. The molecule has 0 aromatic carbocycles. The molecular weight excluding hydrogens is 150 g/mol. The van der Waals surface area contributed by atoms with E-state index in [1.165, 1.54) is 18.5 Å². The van der Waals surface area contributed by atoms with Crippen LogP contribution in [0.2, 0.25) is 0 Å². The van der Waals surface area contributed by atoms with E-state index in [0.717, 1.165) is 13.1 Å². The topological polar surface area (TPSA) is 29.9 Å². The van der Waals surface area contributed by atoms with Crippen LogP contribution in [-0.4, -0.2) is 16.3 Å². The van der Waals surface area contributed by atoms with Crippen molar-refractivity contribution in [3.63, 3.8) is 0 Å². The van der Waals surface area contributed by atoms with Gasteiger partial charge in [0.2, 0.25) is 0 Å². The minimum Gasteiger partial charge on any atom is -0.309 e. The third-order valence-electron chi connectivity index (χ3n) is 2.47. The van der Waals surface area contributed by atoms with E-state index in [0.29, 0.717) is 6.04 Å². The molecule has 0 unspecified atom stereocenters. The summed E-state index contributed by atoms with van der Waals surface area (Å²) in [5.74, 6) is 0. The van der Waals surface area contributed by atoms with Crippen molar-refractivity contribution in [1.82, 2.24) is 15.1 Å². The molecule has 1 aliphatic heterocycles. The first-order valence-electron chi connectivity index (χ1n) is 4.67. The van der Waals surface area contributed by atoms with E-state index in [2.05, 4.69) is 28.1 Å². The van der Waals surface area contributed by atoms with E-state index in [1.54, 1.807) is 0 Å². The van der Waals surface area contributed by atoms with Gasteiger partial charge in [0.25, 0.3) is 0 Å². The van der Waals surface area contributed by atoms with E-state index in [1.807, 2.05) is 6.20 Å². The zero-order valence-corrected chi connectivity index (χ0v) is 7.45. The molecule has 0 spiro atoms. The average molecular weight is 165 g/mol. The first-order valence-corrected chi connectivity index (χ1v) is 4.67. The van der Waals surface area contributed by atoms with E-state index in [-0.39, 0.29) is 0 Å². The molecule has 0 aliphatic carbocycles. The number of hydrogen-bond donors (Lipinski definition) is 1. The fourth-order valence-electron chi connectivity index (χ4n) is 1.84. The van der Waals surface area contributed by atoms with Crippen molar-refractivity contribution in [3.05, 3.63) is 18.0 Å². The lowest BCUT2D eigenvalue weighted by molar-refractivity contribution is 0.540. The van der Waals surface area contributed by atoms with Crippen LogP contribution in [0.15, 0.2) is 12.3 Å². The summed E-state index contributed by atoms with van der Waals surface area (Å²) < 4.78 is 2.07. The number of nitrogens with one attached hydrogen (secondary N) is 1. The molecule has 0 saturated carbocycles. The molecular formula is C9H15N3. The van der Waals surface area contributed by atoms with Crippen molar-refractivity contribution in [2.24, 2.45) is 0 Å². The molecule has 0 bridgehead atoms. The minimum atomic E-state index is 0.549. The second-order valence-corrected chi connectivity index (χ2v) is 3.22. The van der Waals surface area contributed by atoms with Crippen molar-refractivity contribution in [1.29, 1.82) is 0 Å². The highest BCUT2D eigenvalue weighted by Crippen LogP contribution is 2.22. The molecule has 12 heavy (non-hydrogen) atoms. The summed E-state index contributed by atoms with van der Waals surface area (Å²) in [5, 5.41) is 7.73. The number of nitrogens with zero attached hydrogens (tertiary/aromatic N) is 2. The lowest BCUT2D eigenvalue weighted by atomic mass is 10.1. The summed E-state index contributed by atoms with van der Waals surface area (Å²) in [6, 6.07) is 2.67. The predicted octanol–water partition coefficient (Wildman–Crippen LogP) is 1.33. The van der Waals surface area contributed by atoms with Crippen molar-refractivity contribution in [3.8, 4) is 0 Å². The van der Waals surface area contributed by atoms with E-state index in [4.69, 9.17) is 0 Å². The first-order chi connectivity index (χ1) is 5.92. The van der Waals surface area contributed by atoms with E-state index in [9.17, 15) is 0 Å². The normalized spacial score (nSPS) is 23.2. The fourth-order valence-corrected chi connectivity index (χ4v) is 1.84. The number of rotatable bonds is 2. The van der Waals surface area contributed by atoms with Gasteiger partial charge in [-0.2, -0.15) is 5.10 Å². The Balaban J connectivity index is 2.19. The van der Waals surface area contributed by atoms with Crippen LogP contribution in [0.3, 0.4) is 0 Å². The highest BCUT2D eigenvalue weighted by molar-refractivity contribution is 5.08. The standard InChI is InChI=1S/C9H15N3/c1-2-12-9(5-7-11-12)8-4-3-6-10-8/h5,7-8,10H,2-4,6H2,1H3/t8-/m1/s1. The molecule has 1 aliphatic rings. The quantitative estimate of drug-likeness (QED) is 0.716. The molecule has 3 nitrogen and oxygen atoms in total. The van der Waals surface area contributed by atoms with Crippen molar-refractivity contribution in [2.45, 2.75) is 32.4 Å². The number of aryl methyl sites for hydroxylation is 1. The van der Waals surface area contributed by atoms with Crippen molar-refractivity contribution in [2.75, 3.05) is 6.54 Å². The van der Waals surface area contributed by atoms with Gasteiger partial charge in [-0.1, -0.05) is 0 Å². The second kappa shape index (κ2) is 3.27. The largest absolute Gasteiger partial charge is 0.309 e.